The number of nitrogens with one attached hydrogen (secondary N) is 1. The van der Waals surface area contributed by atoms with Gasteiger partial charge in [-0.25, -0.2) is 4.98 Å². The number of hydrogen-bond donors (Lipinski definition) is 1. The first-order valence-electron chi connectivity index (χ1n) is 7.70. The fraction of sp³-hybridized carbons (Fsp3) is 0.353. The number of methoxy groups -OCH3 is 1. The SMILES string of the molecule is COC(=O)Cc1sc(NC(=O)CCCOc2ccccc2Cl)nc1C. The quantitative estimate of drug-likeness (QED) is 0.557. The molecule has 1 N–H and O–H groups in total. The molecule has 25 heavy (non-hydrogen) atoms. The van der Waals surface area contributed by atoms with Crippen molar-refractivity contribution in [3.8, 4) is 5.75 Å². The number of ether oxygens (including phenoxy) is 2. The van der Waals surface area contributed by atoms with Crippen LogP contribution in [0.1, 0.15) is 23.4 Å². The predicted octanol–water partition coefficient (Wildman–Crippen LogP) is 3.62. The molecule has 1 aromatic heterocycles. The molecule has 0 saturated carbocycles. The third kappa shape index (κ3) is 6.03. The van der Waals surface area contributed by atoms with E-state index < -0.39 is 0 Å². The largest absolute Gasteiger partial charge is 0.492 e. The Morgan fingerprint density at radius 2 is 2.08 bits per heavy atom. The third-order valence-electron chi connectivity index (χ3n) is 3.31. The van der Waals surface area contributed by atoms with Gasteiger partial charge in [-0.05, 0) is 25.5 Å². The van der Waals surface area contributed by atoms with Gasteiger partial charge in [0.2, 0.25) is 5.91 Å². The average molecular weight is 383 g/mol. The van der Waals surface area contributed by atoms with Crippen molar-refractivity contribution < 1.29 is 19.1 Å². The van der Waals surface area contributed by atoms with E-state index >= 15 is 0 Å². The average Bonchev–Trinajstić information content (AvgIpc) is 2.92. The Kier molecular flexibility index (Phi) is 7.21. The number of benzene rings is 1. The summed E-state index contributed by atoms with van der Waals surface area (Å²) in [6.45, 7) is 2.18. The Morgan fingerprint density at radius 1 is 1.32 bits per heavy atom. The number of aryl methyl sites for hydroxylation is 1. The van der Waals surface area contributed by atoms with Crippen LogP contribution in [0.25, 0.3) is 0 Å². The number of esters is 1. The van der Waals surface area contributed by atoms with E-state index in [0.717, 1.165) is 4.88 Å². The first kappa shape index (κ1) is 19.2. The van der Waals surface area contributed by atoms with E-state index in [4.69, 9.17) is 16.3 Å². The zero-order valence-corrected chi connectivity index (χ0v) is 15.6. The maximum absolute atomic E-state index is 12.0. The van der Waals surface area contributed by atoms with Gasteiger partial charge in [0, 0.05) is 11.3 Å². The minimum atomic E-state index is -0.332. The lowest BCUT2D eigenvalue weighted by Gasteiger charge is -2.07. The number of anilines is 1. The summed E-state index contributed by atoms with van der Waals surface area (Å²) in [7, 11) is 1.34. The van der Waals surface area contributed by atoms with Crippen molar-refractivity contribution in [3.05, 3.63) is 39.9 Å². The smallest absolute Gasteiger partial charge is 0.310 e. The Morgan fingerprint density at radius 3 is 2.80 bits per heavy atom. The summed E-state index contributed by atoms with van der Waals surface area (Å²) in [5.74, 6) is 0.120. The second-order valence-corrected chi connectivity index (χ2v) is 6.70. The topological polar surface area (TPSA) is 77.5 Å². The zero-order valence-electron chi connectivity index (χ0n) is 14.0. The molecule has 0 fully saturated rings. The van der Waals surface area contributed by atoms with Crippen LogP contribution in [-0.4, -0.2) is 30.6 Å². The molecule has 0 aliphatic heterocycles. The first-order valence-corrected chi connectivity index (χ1v) is 8.89. The molecule has 1 amide bonds. The molecular formula is C17H19ClN2O4S. The molecule has 0 radical (unpaired) electrons. The number of hydrogen-bond acceptors (Lipinski definition) is 6. The van der Waals surface area contributed by atoms with Gasteiger partial charge in [0.15, 0.2) is 5.13 Å². The molecule has 2 rings (SSSR count). The van der Waals surface area contributed by atoms with Gasteiger partial charge in [-0.2, -0.15) is 0 Å². The van der Waals surface area contributed by atoms with Crippen LogP contribution in [0.3, 0.4) is 0 Å². The van der Waals surface area contributed by atoms with Crippen LogP contribution in [-0.2, 0) is 20.7 Å². The van der Waals surface area contributed by atoms with E-state index in [1.165, 1.54) is 18.4 Å². The molecule has 0 unspecified atom stereocenters. The van der Waals surface area contributed by atoms with E-state index in [2.05, 4.69) is 15.0 Å². The van der Waals surface area contributed by atoms with Crippen molar-refractivity contribution >= 4 is 39.9 Å². The van der Waals surface area contributed by atoms with E-state index in [-0.39, 0.29) is 18.3 Å². The van der Waals surface area contributed by atoms with E-state index in [9.17, 15) is 9.59 Å². The van der Waals surface area contributed by atoms with Crippen LogP contribution in [0, 0.1) is 6.92 Å². The second kappa shape index (κ2) is 9.39. The van der Waals surface area contributed by atoms with Gasteiger partial charge >= 0.3 is 5.97 Å². The molecular weight excluding hydrogens is 364 g/mol. The van der Waals surface area contributed by atoms with E-state index in [0.29, 0.717) is 41.0 Å². The number of nitrogens with zero attached hydrogens (tertiary/aromatic N) is 1. The van der Waals surface area contributed by atoms with Crippen LogP contribution in [0.5, 0.6) is 5.75 Å². The number of carbonyl (C=O) groups is 2. The summed E-state index contributed by atoms with van der Waals surface area (Å²) in [6.07, 6.45) is 1.01. The van der Waals surface area contributed by atoms with Crippen molar-refractivity contribution in [2.45, 2.75) is 26.2 Å². The Balaban J connectivity index is 1.76. The maximum atomic E-state index is 12.0. The van der Waals surface area contributed by atoms with Crippen LogP contribution >= 0.6 is 22.9 Å². The normalized spacial score (nSPS) is 10.4. The predicted molar refractivity (Wildman–Crippen MR) is 97.4 cm³/mol. The summed E-state index contributed by atoms with van der Waals surface area (Å²) in [6, 6.07) is 7.20. The molecule has 8 heteroatoms. The van der Waals surface area contributed by atoms with E-state index in [1.807, 2.05) is 12.1 Å². The van der Waals surface area contributed by atoms with Crippen molar-refractivity contribution in [1.82, 2.24) is 4.98 Å². The summed E-state index contributed by atoms with van der Waals surface area (Å²) >= 11 is 7.27. The maximum Gasteiger partial charge on any atom is 0.310 e. The molecule has 0 spiro atoms. The summed E-state index contributed by atoms with van der Waals surface area (Å²) in [5.41, 5.74) is 0.716. The lowest BCUT2D eigenvalue weighted by Crippen LogP contribution is -2.12. The Labute approximate surface area is 155 Å². The molecule has 1 aromatic carbocycles. The highest BCUT2D eigenvalue weighted by Gasteiger charge is 2.13. The molecule has 6 nitrogen and oxygen atoms in total. The minimum absolute atomic E-state index is 0.152. The molecule has 0 aliphatic carbocycles. The number of amides is 1. The summed E-state index contributed by atoms with van der Waals surface area (Å²) in [4.78, 5) is 28.3. The van der Waals surface area contributed by atoms with Crippen LogP contribution in [0.15, 0.2) is 24.3 Å². The standard InChI is InChI=1S/C17H19ClN2O4S/c1-11-14(10-16(22)23-2)25-17(19-11)20-15(21)8-5-9-24-13-7-4-3-6-12(13)18/h3-4,6-7H,5,8-10H2,1-2H3,(H,19,20,21). The van der Waals surface area contributed by atoms with Gasteiger partial charge in [-0.3, -0.25) is 9.59 Å². The van der Waals surface area contributed by atoms with Crippen LogP contribution in [0.2, 0.25) is 5.02 Å². The van der Waals surface area contributed by atoms with Gasteiger partial charge in [-0.15, -0.1) is 11.3 Å². The van der Waals surface area contributed by atoms with E-state index in [1.54, 1.807) is 19.1 Å². The van der Waals surface area contributed by atoms with Crippen LogP contribution in [0.4, 0.5) is 5.13 Å². The highest BCUT2D eigenvalue weighted by atomic mass is 35.5. The van der Waals surface area contributed by atoms with Gasteiger partial charge in [0.05, 0.1) is 30.9 Å². The van der Waals surface area contributed by atoms with Crippen LogP contribution < -0.4 is 10.1 Å². The van der Waals surface area contributed by atoms with Gasteiger partial charge in [-0.1, -0.05) is 23.7 Å². The monoisotopic (exact) mass is 382 g/mol. The first-order chi connectivity index (χ1) is 12.0. The Hall–Kier alpha value is -2.12. The molecule has 134 valence electrons. The molecule has 0 aliphatic rings. The zero-order chi connectivity index (χ0) is 18.2. The lowest BCUT2D eigenvalue weighted by molar-refractivity contribution is -0.139. The number of halogens is 1. The molecule has 0 atom stereocenters. The van der Waals surface area contributed by atoms with Crippen molar-refractivity contribution in [3.63, 3.8) is 0 Å². The van der Waals surface area contributed by atoms with Gasteiger partial charge < -0.3 is 14.8 Å². The second-order valence-electron chi connectivity index (χ2n) is 5.21. The number of rotatable bonds is 8. The van der Waals surface area contributed by atoms with Gasteiger partial charge in [0.25, 0.3) is 0 Å². The fourth-order valence-electron chi connectivity index (χ4n) is 2.01. The molecule has 0 saturated heterocycles. The fourth-order valence-corrected chi connectivity index (χ4v) is 3.16. The molecule has 2 aromatic rings. The highest BCUT2D eigenvalue weighted by molar-refractivity contribution is 7.16. The Bertz CT molecular complexity index is 748. The van der Waals surface area contributed by atoms with Crippen molar-refractivity contribution in [2.75, 3.05) is 19.0 Å². The summed E-state index contributed by atoms with van der Waals surface area (Å²) in [5, 5.41) is 3.76. The van der Waals surface area contributed by atoms with Crippen molar-refractivity contribution in [2.24, 2.45) is 0 Å². The molecule has 0 bridgehead atoms. The third-order valence-corrected chi connectivity index (χ3v) is 4.70. The highest BCUT2D eigenvalue weighted by Crippen LogP contribution is 2.24. The minimum Gasteiger partial charge on any atom is -0.492 e. The number of para-hydroxylation sites is 1. The number of carbonyl (C=O) groups excluding carboxylic acids is 2. The lowest BCUT2D eigenvalue weighted by atomic mass is 10.3. The molecule has 1 heterocycles. The number of thiazole rings is 1. The number of aromatic nitrogens is 1. The summed E-state index contributed by atoms with van der Waals surface area (Å²) < 4.78 is 10.2. The van der Waals surface area contributed by atoms with Crippen molar-refractivity contribution in [1.29, 1.82) is 0 Å². The van der Waals surface area contributed by atoms with Gasteiger partial charge in [0.1, 0.15) is 5.75 Å².